The highest BCUT2D eigenvalue weighted by atomic mass is 32.2. The van der Waals surface area contributed by atoms with Crippen LogP contribution in [0.5, 0.6) is 0 Å². The van der Waals surface area contributed by atoms with Gasteiger partial charge in [0.2, 0.25) is 0 Å². The fourth-order valence-electron chi connectivity index (χ4n) is 3.63. The van der Waals surface area contributed by atoms with Crippen LogP contribution in [0.4, 0.5) is 18.9 Å². The molecule has 0 radical (unpaired) electrons. The van der Waals surface area contributed by atoms with Crippen LogP contribution in [0.1, 0.15) is 42.1 Å². The molecule has 7 nitrogen and oxygen atoms in total. The van der Waals surface area contributed by atoms with Gasteiger partial charge < -0.3 is 9.26 Å². The maximum absolute atomic E-state index is 12.7. The van der Waals surface area contributed by atoms with Gasteiger partial charge in [-0.1, -0.05) is 18.2 Å². The number of hydrogen-bond donors (Lipinski definition) is 1. The lowest BCUT2D eigenvalue weighted by Crippen LogP contribution is -2.30. The first-order valence-electron chi connectivity index (χ1n) is 8.96. The van der Waals surface area contributed by atoms with Crippen LogP contribution in [0.15, 0.2) is 33.6 Å². The molecule has 2 aromatic rings. The predicted octanol–water partition coefficient (Wildman–Crippen LogP) is 3.34. The van der Waals surface area contributed by atoms with Crippen molar-refractivity contribution in [3.63, 3.8) is 0 Å². The molecule has 1 aliphatic carbocycles. The number of anilines is 1. The molecule has 1 heterocycles. The molecule has 0 aliphatic heterocycles. The number of nitrogens with one attached hydrogen (secondary N) is 1. The Hall–Kier alpha value is -2.27. The molecule has 1 fully saturated rings. The number of methoxy groups -OCH3 is 1. The Morgan fingerprint density at radius 3 is 2.62 bits per heavy atom. The molecule has 1 aromatic heterocycles. The highest BCUT2D eigenvalue weighted by molar-refractivity contribution is 7.93. The standard InChI is InChI=1S/C18H21F3N2O5S/c1-11-13(17(24)28-23(11)15-8-5-9-16(15)27-2)10-12-6-3-4-7-14(12)22-29(25,26)18(19,20)21/h3-4,6-7,15-16,22H,5,8-10H2,1-2H3. The fraction of sp³-hybridized carbons (Fsp3) is 0.500. The first-order valence-corrected chi connectivity index (χ1v) is 10.4. The summed E-state index contributed by atoms with van der Waals surface area (Å²) in [7, 11) is -3.99. The summed E-state index contributed by atoms with van der Waals surface area (Å²) in [5.41, 5.74) is -5.29. The molecule has 11 heteroatoms. The summed E-state index contributed by atoms with van der Waals surface area (Å²) >= 11 is 0. The van der Waals surface area contributed by atoms with Crippen LogP contribution in [-0.4, -0.2) is 31.9 Å². The van der Waals surface area contributed by atoms with Crippen molar-refractivity contribution in [1.82, 2.24) is 4.74 Å². The first-order chi connectivity index (χ1) is 13.5. The highest BCUT2D eigenvalue weighted by Crippen LogP contribution is 2.34. The number of para-hydroxylation sites is 1. The molecule has 2 unspecified atom stereocenters. The summed E-state index contributed by atoms with van der Waals surface area (Å²) in [5.74, 6) is 0. The minimum absolute atomic E-state index is 0.0813. The molecule has 0 saturated heterocycles. The number of hydrogen-bond acceptors (Lipinski definition) is 5. The van der Waals surface area contributed by atoms with Crippen molar-refractivity contribution in [3.05, 3.63) is 51.5 Å². The zero-order valence-corrected chi connectivity index (χ0v) is 16.6. The van der Waals surface area contributed by atoms with Crippen LogP contribution < -0.4 is 10.3 Å². The Balaban J connectivity index is 1.93. The van der Waals surface area contributed by atoms with Crippen molar-refractivity contribution in [2.75, 3.05) is 11.8 Å². The van der Waals surface area contributed by atoms with Crippen molar-refractivity contribution < 1.29 is 30.8 Å². The predicted molar refractivity (Wildman–Crippen MR) is 99.2 cm³/mol. The number of alkyl halides is 3. The average molecular weight is 434 g/mol. The number of rotatable bonds is 6. The van der Waals surface area contributed by atoms with Crippen molar-refractivity contribution in [1.29, 1.82) is 0 Å². The molecule has 1 aliphatic rings. The SMILES string of the molecule is COC1CCCC1n1oc(=O)c(Cc2ccccc2NS(=O)(=O)C(F)(F)F)c1C. The van der Waals surface area contributed by atoms with E-state index in [0.29, 0.717) is 5.69 Å². The fourth-order valence-corrected chi connectivity index (χ4v) is 4.23. The normalized spacial score (nSPS) is 20.2. The largest absolute Gasteiger partial charge is 0.516 e. The summed E-state index contributed by atoms with van der Waals surface area (Å²) in [6, 6.07) is 5.48. The summed E-state index contributed by atoms with van der Waals surface area (Å²) in [6.07, 6.45) is 2.35. The second-order valence-corrected chi connectivity index (χ2v) is 8.60. The van der Waals surface area contributed by atoms with E-state index < -0.39 is 21.2 Å². The summed E-state index contributed by atoms with van der Waals surface area (Å²) in [6.45, 7) is 1.69. The second kappa shape index (κ2) is 7.86. The summed E-state index contributed by atoms with van der Waals surface area (Å²) in [5, 5.41) is 0. The monoisotopic (exact) mass is 434 g/mol. The van der Waals surface area contributed by atoms with Gasteiger partial charge in [0.1, 0.15) is 0 Å². The van der Waals surface area contributed by atoms with Gasteiger partial charge in [0.05, 0.1) is 29.1 Å². The Morgan fingerprint density at radius 2 is 1.97 bits per heavy atom. The Bertz CT molecular complexity index is 1040. The minimum Gasteiger partial charge on any atom is -0.379 e. The quantitative estimate of drug-likeness (QED) is 0.753. The van der Waals surface area contributed by atoms with E-state index in [1.54, 1.807) is 24.8 Å². The summed E-state index contributed by atoms with van der Waals surface area (Å²) < 4.78 is 75.0. The zero-order valence-electron chi connectivity index (χ0n) is 15.8. The van der Waals surface area contributed by atoms with E-state index in [2.05, 4.69) is 0 Å². The Labute approximate surface area is 165 Å². The van der Waals surface area contributed by atoms with Gasteiger partial charge in [-0.3, -0.25) is 4.72 Å². The van der Waals surface area contributed by atoms with Gasteiger partial charge in [-0.2, -0.15) is 21.6 Å². The third-order valence-corrected chi connectivity index (χ3v) is 6.25. The van der Waals surface area contributed by atoms with Crippen molar-refractivity contribution in [3.8, 4) is 0 Å². The van der Waals surface area contributed by atoms with Gasteiger partial charge >= 0.3 is 21.2 Å². The van der Waals surface area contributed by atoms with Crippen molar-refractivity contribution >= 4 is 15.7 Å². The van der Waals surface area contributed by atoms with Crippen LogP contribution in [0, 0.1) is 6.92 Å². The Morgan fingerprint density at radius 1 is 1.28 bits per heavy atom. The minimum atomic E-state index is -5.58. The molecule has 0 spiro atoms. The van der Waals surface area contributed by atoms with Gasteiger partial charge in [-0.25, -0.2) is 9.53 Å². The molecule has 1 N–H and O–H groups in total. The van der Waals surface area contributed by atoms with E-state index in [9.17, 15) is 26.4 Å². The number of aromatic nitrogens is 1. The third-order valence-electron chi connectivity index (χ3n) is 5.15. The topological polar surface area (TPSA) is 90.5 Å². The lowest BCUT2D eigenvalue weighted by Gasteiger charge is -2.19. The molecule has 160 valence electrons. The molecular formula is C18H21F3N2O5S. The Kier molecular flexibility index (Phi) is 5.81. The van der Waals surface area contributed by atoms with Crippen LogP contribution >= 0.6 is 0 Å². The van der Waals surface area contributed by atoms with Crippen LogP contribution in [0.25, 0.3) is 0 Å². The maximum Gasteiger partial charge on any atom is 0.516 e. The molecule has 3 rings (SSSR count). The number of halogens is 3. The smallest absolute Gasteiger partial charge is 0.379 e. The molecule has 0 amide bonds. The molecule has 1 saturated carbocycles. The second-order valence-electron chi connectivity index (χ2n) is 6.93. The molecule has 2 atom stereocenters. The maximum atomic E-state index is 12.7. The van der Waals surface area contributed by atoms with E-state index in [4.69, 9.17) is 9.26 Å². The average Bonchev–Trinajstić information content (AvgIpc) is 3.21. The van der Waals surface area contributed by atoms with Gasteiger partial charge in [0.25, 0.3) is 0 Å². The number of ether oxygens (including phenoxy) is 1. The zero-order chi connectivity index (χ0) is 21.4. The number of nitrogens with zero attached hydrogens (tertiary/aromatic N) is 1. The van der Waals surface area contributed by atoms with Crippen molar-refractivity contribution in [2.24, 2.45) is 0 Å². The van der Waals surface area contributed by atoms with Gasteiger partial charge in [0, 0.05) is 13.5 Å². The van der Waals surface area contributed by atoms with E-state index in [-0.39, 0.29) is 35.4 Å². The van der Waals surface area contributed by atoms with Crippen LogP contribution in [-0.2, 0) is 21.2 Å². The van der Waals surface area contributed by atoms with E-state index in [1.807, 2.05) is 0 Å². The molecule has 1 aromatic carbocycles. The number of sulfonamides is 1. The van der Waals surface area contributed by atoms with Crippen molar-refractivity contribution in [2.45, 2.75) is 50.3 Å². The summed E-state index contributed by atoms with van der Waals surface area (Å²) in [4.78, 5) is 12.4. The van der Waals surface area contributed by atoms with E-state index >= 15 is 0 Å². The third kappa shape index (κ3) is 4.20. The van der Waals surface area contributed by atoms with Gasteiger partial charge in [-0.05, 0) is 37.8 Å². The van der Waals surface area contributed by atoms with E-state index in [0.717, 1.165) is 19.3 Å². The van der Waals surface area contributed by atoms with Crippen LogP contribution in [0.3, 0.4) is 0 Å². The lowest BCUT2D eigenvalue weighted by atomic mass is 10.0. The first kappa shape index (κ1) is 21.4. The van der Waals surface area contributed by atoms with Crippen LogP contribution in [0.2, 0.25) is 0 Å². The molecule has 29 heavy (non-hydrogen) atoms. The van der Waals surface area contributed by atoms with Gasteiger partial charge in [0.15, 0.2) is 0 Å². The van der Waals surface area contributed by atoms with E-state index in [1.165, 1.54) is 22.9 Å². The highest BCUT2D eigenvalue weighted by Gasteiger charge is 2.46. The van der Waals surface area contributed by atoms with Gasteiger partial charge in [-0.15, -0.1) is 0 Å². The lowest BCUT2D eigenvalue weighted by molar-refractivity contribution is -0.0429. The molecular weight excluding hydrogens is 413 g/mol. The molecule has 0 bridgehead atoms. The number of benzene rings is 1.